The molecule has 0 fully saturated rings. The van der Waals surface area contributed by atoms with Gasteiger partial charge in [0, 0.05) is 18.5 Å². The molecule has 0 aliphatic rings. The molecule has 0 heterocycles. The standard InChI is InChI=1S/C11H18N2O4S2/c1-3-12-8-9-19(16,17)13-10-4-6-11(7-5-10)18(2,14)15/h4-7,12-13H,3,8-9H2,1-2H3. The van der Waals surface area contributed by atoms with Crippen molar-refractivity contribution in [3.8, 4) is 0 Å². The number of nitrogens with one attached hydrogen (secondary N) is 2. The Labute approximate surface area is 114 Å². The average Bonchev–Trinajstić information content (AvgIpc) is 2.28. The van der Waals surface area contributed by atoms with Gasteiger partial charge in [0.1, 0.15) is 0 Å². The van der Waals surface area contributed by atoms with Crippen molar-refractivity contribution < 1.29 is 16.8 Å². The molecule has 1 aromatic rings. The Morgan fingerprint density at radius 2 is 1.63 bits per heavy atom. The topological polar surface area (TPSA) is 92.3 Å². The third kappa shape index (κ3) is 5.58. The Morgan fingerprint density at radius 1 is 1.05 bits per heavy atom. The van der Waals surface area contributed by atoms with E-state index in [0.29, 0.717) is 18.8 Å². The fraction of sp³-hybridized carbons (Fsp3) is 0.455. The highest BCUT2D eigenvalue weighted by Crippen LogP contribution is 2.14. The van der Waals surface area contributed by atoms with E-state index in [-0.39, 0.29) is 10.6 Å². The first-order chi connectivity index (χ1) is 8.74. The van der Waals surface area contributed by atoms with Crippen LogP contribution in [0.4, 0.5) is 5.69 Å². The Bertz CT molecular complexity index is 607. The molecule has 0 aliphatic carbocycles. The Hall–Kier alpha value is -1.12. The Morgan fingerprint density at radius 3 is 2.11 bits per heavy atom. The number of anilines is 1. The third-order valence-corrected chi connectivity index (χ3v) is 4.77. The second-order valence-electron chi connectivity index (χ2n) is 4.07. The fourth-order valence-corrected chi connectivity index (χ4v) is 3.02. The molecule has 0 aromatic heterocycles. The fourth-order valence-electron chi connectivity index (χ4n) is 1.38. The van der Waals surface area contributed by atoms with Gasteiger partial charge in [-0.15, -0.1) is 0 Å². The first-order valence-electron chi connectivity index (χ1n) is 5.76. The highest BCUT2D eigenvalue weighted by Gasteiger charge is 2.11. The van der Waals surface area contributed by atoms with Crippen LogP contribution >= 0.6 is 0 Å². The van der Waals surface area contributed by atoms with Gasteiger partial charge in [0.2, 0.25) is 10.0 Å². The van der Waals surface area contributed by atoms with Crippen LogP contribution in [0.1, 0.15) is 6.92 Å². The largest absolute Gasteiger partial charge is 0.316 e. The van der Waals surface area contributed by atoms with Crippen LogP contribution in [0.3, 0.4) is 0 Å². The van der Waals surface area contributed by atoms with Gasteiger partial charge in [-0.25, -0.2) is 16.8 Å². The number of sulfone groups is 1. The van der Waals surface area contributed by atoms with Gasteiger partial charge in [-0.1, -0.05) is 6.92 Å². The molecular formula is C11H18N2O4S2. The van der Waals surface area contributed by atoms with Gasteiger partial charge in [0.15, 0.2) is 9.84 Å². The lowest BCUT2D eigenvalue weighted by Crippen LogP contribution is -2.26. The second kappa shape index (κ2) is 6.36. The minimum atomic E-state index is -3.42. The maximum atomic E-state index is 11.7. The third-order valence-electron chi connectivity index (χ3n) is 2.35. The van der Waals surface area contributed by atoms with Crippen LogP contribution < -0.4 is 10.0 Å². The average molecular weight is 306 g/mol. The highest BCUT2D eigenvalue weighted by atomic mass is 32.2. The predicted octanol–water partition coefficient (Wildman–Crippen LogP) is 0.441. The van der Waals surface area contributed by atoms with E-state index >= 15 is 0 Å². The molecule has 1 rings (SSSR count). The molecule has 0 aliphatic heterocycles. The van der Waals surface area contributed by atoms with Crippen LogP contribution in [0.15, 0.2) is 29.2 Å². The lowest BCUT2D eigenvalue weighted by atomic mass is 10.3. The normalized spacial score (nSPS) is 12.3. The first-order valence-corrected chi connectivity index (χ1v) is 9.30. The molecular weight excluding hydrogens is 288 g/mol. The van der Waals surface area contributed by atoms with Crippen LogP contribution in [0.5, 0.6) is 0 Å². The minimum Gasteiger partial charge on any atom is -0.316 e. The zero-order valence-electron chi connectivity index (χ0n) is 10.9. The lowest BCUT2D eigenvalue weighted by Gasteiger charge is -2.08. The van der Waals surface area contributed by atoms with Crippen molar-refractivity contribution in [1.29, 1.82) is 0 Å². The van der Waals surface area contributed by atoms with Crippen molar-refractivity contribution in [3.63, 3.8) is 0 Å². The van der Waals surface area contributed by atoms with E-state index in [4.69, 9.17) is 0 Å². The first kappa shape index (κ1) is 15.9. The SMILES string of the molecule is CCNCCS(=O)(=O)Nc1ccc(S(C)(=O)=O)cc1. The van der Waals surface area contributed by atoms with Gasteiger partial charge in [-0.05, 0) is 30.8 Å². The predicted molar refractivity (Wildman–Crippen MR) is 75.5 cm³/mol. The van der Waals surface area contributed by atoms with Crippen molar-refractivity contribution in [2.75, 3.05) is 29.8 Å². The quantitative estimate of drug-likeness (QED) is 0.713. The van der Waals surface area contributed by atoms with E-state index in [0.717, 1.165) is 6.26 Å². The summed E-state index contributed by atoms with van der Waals surface area (Å²) in [5.41, 5.74) is 0.351. The smallest absolute Gasteiger partial charge is 0.233 e. The van der Waals surface area contributed by atoms with Gasteiger partial charge in [-0.2, -0.15) is 0 Å². The molecule has 6 nitrogen and oxygen atoms in total. The molecule has 0 atom stereocenters. The lowest BCUT2D eigenvalue weighted by molar-refractivity contribution is 0.597. The number of rotatable bonds is 7. The highest BCUT2D eigenvalue weighted by molar-refractivity contribution is 7.92. The molecule has 0 amide bonds. The molecule has 0 radical (unpaired) electrons. The molecule has 108 valence electrons. The van der Waals surface area contributed by atoms with Crippen molar-refractivity contribution in [2.45, 2.75) is 11.8 Å². The summed E-state index contributed by atoms with van der Waals surface area (Å²) in [6.07, 6.45) is 1.10. The Kier molecular flexibility index (Phi) is 5.33. The minimum absolute atomic E-state index is 0.0331. The molecule has 19 heavy (non-hydrogen) atoms. The van der Waals surface area contributed by atoms with Gasteiger partial charge < -0.3 is 5.32 Å². The Balaban J connectivity index is 2.73. The summed E-state index contributed by atoms with van der Waals surface area (Å²) >= 11 is 0. The van der Waals surface area contributed by atoms with Crippen molar-refractivity contribution >= 4 is 25.5 Å². The van der Waals surface area contributed by atoms with Crippen LogP contribution in [-0.4, -0.2) is 41.9 Å². The number of hydrogen-bond donors (Lipinski definition) is 2. The second-order valence-corrected chi connectivity index (χ2v) is 7.93. The summed E-state index contributed by atoms with van der Waals surface area (Å²) < 4.78 is 48.3. The monoisotopic (exact) mass is 306 g/mol. The number of sulfonamides is 1. The van der Waals surface area contributed by atoms with Crippen molar-refractivity contribution in [2.24, 2.45) is 0 Å². The summed E-state index contributed by atoms with van der Waals surface area (Å²) in [5.74, 6) is -0.0331. The van der Waals surface area contributed by atoms with E-state index in [2.05, 4.69) is 10.0 Å². The summed E-state index contributed by atoms with van der Waals surface area (Å²) in [7, 11) is -6.69. The van der Waals surface area contributed by atoms with Crippen LogP contribution in [0.25, 0.3) is 0 Å². The molecule has 1 aromatic carbocycles. The molecule has 0 spiro atoms. The number of benzene rings is 1. The van der Waals surface area contributed by atoms with Crippen molar-refractivity contribution in [3.05, 3.63) is 24.3 Å². The molecule has 0 unspecified atom stereocenters. The zero-order chi connectivity index (χ0) is 14.5. The van der Waals surface area contributed by atoms with E-state index < -0.39 is 19.9 Å². The maximum Gasteiger partial charge on any atom is 0.233 e. The zero-order valence-corrected chi connectivity index (χ0v) is 12.5. The molecule has 8 heteroatoms. The van der Waals surface area contributed by atoms with E-state index in [9.17, 15) is 16.8 Å². The molecule has 0 saturated carbocycles. The maximum absolute atomic E-state index is 11.7. The molecule has 0 bridgehead atoms. The summed E-state index contributed by atoms with van der Waals surface area (Å²) in [4.78, 5) is 0.156. The van der Waals surface area contributed by atoms with Crippen molar-refractivity contribution in [1.82, 2.24) is 5.32 Å². The molecule has 0 saturated heterocycles. The van der Waals surface area contributed by atoms with Gasteiger partial charge in [-0.3, -0.25) is 4.72 Å². The summed E-state index contributed by atoms with van der Waals surface area (Å²) in [6, 6.07) is 5.61. The van der Waals surface area contributed by atoms with Crippen LogP contribution in [-0.2, 0) is 19.9 Å². The van der Waals surface area contributed by atoms with Crippen LogP contribution in [0, 0.1) is 0 Å². The summed E-state index contributed by atoms with van der Waals surface area (Å²) in [5, 5.41) is 2.92. The van der Waals surface area contributed by atoms with E-state index in [1.807, 2.05) is 6.92 Å². The molecule has 2 N–H and O–H groups in total. The number of hydrogen-bond acceptors (Lipinski definition) is 5. The summed E-state index contributed by atoms with van der Waals surface area (Å²) in [6.45, 7) is 2.97. The van der Waals surface area contributed by atoms with E-state index in [1.54, 1.807) is 0 Å². The van der Waals surface area contributed by atoms with E-state index in [1.165, 1.54) is 24.3 Å². The van der Waals surface area contributed by atoms with Gasteiger partial charge in [0.25, 0.3) is 0 Å². The van der Waals surface area contributed by atoms with Gasteiger partial charge >= 0.3 is 0 Å². The van der Waals surface area contributed by atoms with Gasteiger partial charge in [0.05, 0.1) is 10.6 Å². The van der Waals surface area contributed by atoms with Crippen LogP contribution in [0.2, 0.25) is 0 Å².